The standard InChI is InChI=1S/C25H40O2/c1-19(2)11-9-13-21(5)15-17-25(23(7)26,24(8)27)18-16-22(6)14-10-12-20(3)4/h11-12,15-16H,9-10,13-14,17-18H2,1-8H3/b21-15+,22-16+. The Bertz CT molecular complexity index is 563. The fourth-order valence-electron chi connectivity index (χ4n) is 2.98. The molecule has 0 spiro atoms. The van der Waals surface area contributed by atoms with Crippen molar-refractivity contribution in [3.63, 3.8) is 0 Å². The molecule has 0 atom stereocenters. The van der Waals surface area contributed by atoms with Crippen LogP contribution in [-0.2, 0) is 9.59 Å². The van der Waals surface area contributed by atoms with Gasteiger partial charge in [0.1, 0.15) is 11.6 Å². The number of ketones is 2. The van der Waals surface area contributed by atoms with Crippen LogP contribution in [0.3, 0.4) is 0 Å². The lowest BCUT2D eigenvalue weighted by atomic mass is 9.73. The molecular formula is C25H40O2. The van der Waals surface area contributed by atoms with Crippen molar-refractivity contribution in [1.82, 2.24) is 0 Å². The van der Waals surface area contributed by atoms with Crippen molar-refractivity contribution in [2.45, 2.75) is 93.9 Å². The van der Waals surface area contributed by atoms with Crippen LogP contribution in [0.25, 0.3) is 0 Å². The minimum atomic E-state index is -0.921. The molecule has 27 heavy (non-hydrogen) atoms. The maximum absolute atomic E-state index is 12.4. The van der Waals surface area contributed by atoms with Gasteiger partial charge in [-0.1, -0.05) is 46.6 Å². The highest BCUT2D eigenvalue weighted by Gasteiger charge is 2.38. The number of carbonyl (C=O) groups excluding carboxylic acids is 2. The lowest BCUT2D eigenvalue weighted by molar-refractivity contribution is -0.138. The van der Waals surface area contributed by atoms with E-state index in [1.54, 1.807) is 13.8 Å². The predicted octanol–water partition coefficient (Wildman–Crippen LogP) is 7.32. The second kappa shape index (κ2) is 12.6. The molecule has 0 amide bonds. The number of allylic oxidation sites excluding steroid dienone is 8. The van der Waals surface area contributed by atoms with E-state index in [4.69, 9.17) is 0 Å². The third-order valence-electron chi connectivity index (χ3n) is 5.13. The summed E-state index contributed by atoms with van der Waals surface area (Å²) >= 11 is 0. The van der Waals surface area contributed by atoms with Gasteiger partial charge in [-0.15, -0.1) is 0 Å². The Balaban J connectivity index is 5.22. The third-order valence-corrected chi connectivity index (χ3v) is 5.13. The van der Waals surface area contributed by atoms with Crippen LogP contribution in [0.2, 0.25) is 0 Å². The largest absolute Gasteiger partial charge is 0.299 e. The van der Waals surface area contributed by atoms with Crippen molar-refractivity contribution in [2.75, 3.05) is 0 Å². The third kappa shape index (κ3) is 10.3. The monoisotopic (exact) mass is 372 g/mol. The van der Waals surface area contributed by atoms with E-state index in [2.05, 4.69) is 65.8 Å². The van der Waals surface area contributed by atoms with Gasteiger partial charge in [-0.25, -0.2) is 0 Å². The summed E-state index contributed by atoms with van der Waals surface area (Å²) in [6, 6.07) is 0. The molecule has 0 fully saturated rings. The topological polar surface area (TPSA) is 34.1 Å². The Morgan fingerprint density at radius 2 is 0.926 bits per heavy atom. The van der Waals surface area contributed by atoms with Crippen LogP contribution in [-0.4, -0.2) is 11.6 Å². The van der Waals surface area contributed by atoms with Crippen LogP contribution in [0, 0.1) is 5.41 Å². The van der Waals surface area contributed by atoms with Crippen LogP contribution in [0.1, 0.15) is 93.9 Å². The Kier molecular flexibility index (Phi) is 11.8. The first kappa shape index (κ1) is 25.3. The Morgan fingerprint density at radius 3 is 1.19 bits per heavy atom. The first-order chi connectivity index (χ1) is 12.5. The molecule has 0 aromatic carbocycles. The number of hydrogen-bond donors (Lipinski definition) is 0. The molecule has 2 nitrogen and oxygen atoms in total. The van der Waals surface area contributed by atoms with Gasteiger partial charge in [-0.2, -0.15) is 0 Å². The van der Waals surface area contributed by atoms with E-state index in [-0.39, 0.29) is 11.6 Å². The van der Waals surface area contributed by atoms with Crippen LogP contribution in [0.5, 0.6) is 0 Å². The van der Waals surface area contributed by atoms with E-state index in [0.29, 0.717) is 12.8 Å². The molecule has 0 aliphatic carbocycles. The Hall–Kier alpha value is -1.70. The summed E-state index contributed by atoms with van der Waals surface area (Å²) < 4.78 is 0. The number of hydrogen-bond acceptors (Lipinski definition) is 2. The number of carbonyl (C=O) groups is 2. The molecular weight excluding hydrogens is 332 g/mol. The SMILES string of the molecule is CC(=O)C(C/C=C(\C)CCC=C(C)C)(C/C=C(\C)CCC=C(C)C)C(C)=O. The summed E-state index contributed by atoms with van der Waals surface area (Å²) in [5.41, 5.74) is 4.19. The van der Waals surface area contributed by atoms with Gasteiger partial charge in [0.25, 0.3) is 0 Å². The van der Waals surface area contributed by atoms with Crippen molar-refractivity contribution in [3.05, 3.63) is 46.6 Å². The van der Waals surface area contributed by atoms with Gasteiger partial charge in [0.05, 0.1) is 5.41 Å². The summed E-state index contributed by atoms with van der Waals surface area (Å²) in [5.74, 6) is -0.0617. The Labute approximate surface area is 167 Å². The van der Waals surface area contributed by atoms with Crippen molar-refractivity contribution in [1.29, 1.82) is 0 Å². The molecule has 152 valence electrons. The summed E-state index contributed by atoms with van der Waals surface area (Å²) in [7, 11) is 0. The van der Waals surface area contributed by atoms with Crippen LogP contribution in [0.4, 0.5) is 0 Å². The van der Waals surface area contributed by atoms with E-state index in [1.807, 2.05) is 0 Å². The summed E-state index contributed by atoms with van der Waals surface area (Å²) in [4.78, 5) is 24.9. The highest BCUT2D eigenvalue weighted by Crippen LogP contribution is 2.32. The first-order valence-electron chi connectivity index (χ1n) is 10.1. The fourth-order valence-corrected chi connectivity index (χ4v) is 2.98. The molecule has 0 rings (SSSR count). The van der Waals surface area contributed by atoms with Gasteiger partial charge in [-0.05, 0) is 93.9 Å². The summed E-state index contributed by atoms with van der Waals surface area (Å²) in [6.45, 7) is 15.7. The molecule has 0 saturated heterocycles. The molecule has 2 heteroatoms. The van der Waals surface area contributed by atoms with E-state index in [1.165, 1.54) is 22.3 Å². The Morgan fingerprint density at radius 1 is 0.593 bits per heavy atom. The van der Waals surface area contributed by atoms with Crippen LogP contribution < -0.4 is 0 Å². The van der Waals surface area contributed by atoms with E-state index in [9.17, 15) is 9.59 Å². The van der Waals surface area contributed by atoms with Gasteiger partial charge in [0.15, 0.2) is 0 Å². The molecule has 0 aliphatic heterocycles. The van der Waals surface area contributed by atoms with Crippen molar-refractivity contribution in [3.8, 4) is 0 Å². The van der Waals surface area contributed by atoms with Crippen molar-refractivity contribution in [2.24, 2.45) is 5.41 Å². The normalized spacial score (nSPS) is 12.6. The zero-order valence-electron chi connectivity index (χ0n) is 18.9. The second-order valence-corrected chi connectivity index (χ2v) is 8.34. The van der Waals surface area contributed by atoms with E-state index in [0.717, 1.165) is 25.7 Å². The molecule has 0 bridgehead atoms. The number of Topliss-reactive ketones (excluding diaryl/α,β-unsaturated/α-hetero) is 2. The average Bonchev–Trinajstić information content (AvgIpc) is 2.53. The van der Waals surface area contributed by atoms with Gasteiger partial charge >= 0.3 is 0 Å². The predicted molar refractivity (Wildman–Crippen MR) is 118 cm³/mol. The van der Waals surface area contributed by atoms with Gasteiger partial charge in [0, 0.05) is 0 Å². The zero-order chi connectivity index (χ0) is 21.0. The van der Waals surface area contributed by atoms with E-state index < -0.39 is 5.41 Å². The molecule has 0 N–H and O–H groups in total. The minimum absolute atomic E-state index is 0.0308. The molecule has 0 unspecified atom stereocenters. The molecule has 0 heterocycles. The maximum Gasteiger partial charge on any atom is 0.143 e. The van der Waals surface area contributed by atoms with Crippen LogP contribution in [0.15, 0.2) is 46.6 Å². The van der Waals surface area contributed by atoms with Crippen molar-refractivity contribution >= 4 is 11.6 Å². The van der Waals surface area contributed by atoms with Gasteiger partial charge in [0.2, 0.25) is 0 Å². The molecule has 0 aliphatic rings. The number of rotatable bonds is 12. The second-order valence-electron chi connectivity index (χ2n) is 8.34. The summed E-state index contributed by atoms with van der Waals surface area (Å²) in [5, 5.41) is 0. The fraction of sp³-hybridized carbons (Fsp3) is 0.600. The minimum Gasteiger partial charge on any atom is -0.299 e. The van der Waals surface area contributed by atoms with Crippen LogP contribution >= 0.6 is 0 Å². The molecule has 0 radical (unpaired) electrons. The highest BCUT2D eigenvalue weighted by molar-refractivity contribution is 6.05. The maximum atomic E-state index is 12.4. The van der Waals surface area contributed by atoms with E-state index >= 15 is 0 Å². The quantitative estimate of drug-likeness (QED) is 0.266. The highest BCUT2D eigenvalue weighted by atomic mass is 16.2. The lowest BCUT2D eigenvalue weighted by Crippen LogP contribution is -2.35. The zero-order valence-corrected chi connectivity index (χ0v) is 18.9. The molecule has 0 saturated carbocycles. The smallest absolute Gasteiger partial charge is 0.143 e. The average molecular weight is 373 g/mol. The first-order valence-corrected chi connectivity index (χ1v) is 10.1. The van der Waals surface area contributed by atoms with Gasteiger partial charge in [-0.3, -0.25) is 9.59 Å². The summed E-state index contributed by atoms with van der Waals surface area (Å²) in [6.07, 6.45) is 13.6. The molecule has 0 aromatic heterocycles. The van der Waals surface area contributed by atoms with Gasteiger partial charge < -0.3 is 0 Å². The van der Waals surface area contributed by atoms with Crippen molar-refractivity contribution < 1.29 is 9.59 Å². The lowest BCUT2D eigenvalue weighted by Gasteiger charge is -2.26. The molecule has 0 aromatic rings.